The summed E-state index contributed by atoms with van der Waals surface area (Å²) in [4.78, 5) is 24.0. The fourth-order valence-electron chi connectivity index (χ4n) is 2.73. The Morgan fingerprint density at radius 3 is 2.34 bits per heavy atom. The minimum atomic E-state index is -3.66. The second kappa shape index (κ2) is 9.50. The van der Waals surface area contributed by atoms with E-state index in [9.17, 15) is 18.0 Å². The average molecular weight is 418 g/mol. The minimum absolute atomic E-state index is 0.0898. The summed E-state index contributed by atoms with van der Waals surface area (Å²) in [5, 5.41) is 7.63. The molecular weight excluding hydrogens is 396 g/mol. The van der Waals surface area contributed by atoms with Gasteiger partial charge in [-0.1, -0.05) is 24.3 Å². The number of hydrogen-bond acceptors (Lipinski definition) is 5. The summed E-state index contributed by atoms with van der Waals surface area (Å²) in [6.45, 7) is 1.02. The SMILES string of the molecule is O=C(CNC(=O)Nc1ccccc1)Nc1cccc(S(=O)(=O)N2CCOCC2)c1. The number of para-hydroxylation sites is 1. The van der Waals surface area contributed by atoms with Crippen LogP contribution in [0.3, 0.4) is 0 Å². The van der Waals surface area contributed by atoms with E-state index >= 15 is 0 Å². The average Bonchev–Trinajstić information content (AvgIpc) is 2.74. The van der Waals surface area contributed by atoms with Gasteiger partial charge in [0.05, 0.1) is 24.7 Å². The number of nitrogens with one attached hydrogen (secondary N) is 3. The highest BCUT2D eigenvalue weighted by molar-refractivity contribution is 7.89. The number of nitrogens with zero attached hydrogens (tertiary/aromatic N) is 1. The van der Waals surface area contributed by atoms with Crippen LogP contribution in [0.15, 0.2) is 59.5 Å². The summed E-state index contributed by atoms with van der Waals surface area (Å²) in [5.41, 5.74) is 0.932. The first-order chi connectivity index (χ1) is 13.9. The Morgan fingerprint density at radius 2 is 1.62 bits per heavy atom. The van der Waals surface area contributed by atoms with Gasteiger partial charge in [-0.3, -0.25) is 4.79 Å². The van der Waals surface area contributed by atoms with Gasteiger partial charge in [-0.2, -0.15) is 4.31 Å². The van der Waals surface area contributed by atoms with Crippen molar-refractivity contribution in [1.82, 2.24) is 9.62 Å². The second-order valence-corrected chi connectivity index (χ2v) is 8.20. The molecule has 0 unspecified atom stereocenters. The lowest BCUT2D eigenvalue weighted by Crippen LogP contribution is -2.40. The maximum atomic E-state index is 12.7. The first-order valence-corrected chi connectivity index (χ1v) is 10.5. The van der Waals surface area contributed by atoms with Gasteiger partial charge >= 0.3 is 6.03 Å². The molecule has 1 fully saturated rings. The van der Waals surface area contributed by atoms with Gasteiger partial charge in [0.1, 0.15) is 0 Å². The van der Waals surface area contributed by atoms with Crippen LogP contribution in [0.25, 0.3) is 0 Å². The highest BCUT2D eigenvalue weighted by atomic mass is 32.2. The summed E-state index contributed by atoms with van der Waals surface area (Å²) in [7, 11) is -3.66. The minimum Gasteiger partial charge on any atom is -0.379 e. The monoisotopic (exact) mass is 418 g/mol. The van der Waals surface area contributed by atoms with Crippen LogP contribution in [0.1, 0.15) is 0 Å². The van der Waals surface area contributed by atoms with E-state index in [-0.39, 0.29) is 11.4 Å². The first-order valence-electron chi connectivity index (χ1n) is 9.03. The van der Waals surface area contributed by atoms with Gasteiger partial charge in [0.15, 0.2) is 0 Å². The number of amides is 3. The van der Waals surface area contributed by atoms with E-state index in [0.29, 0.717) is 37.7 Å². The number of benzene rings is 2. The Morgan fingerprint density at radius 1 is 0.931 bits per heavy atom. The molecule has 9 nitrogen and oxygen atoms in total. The van der Waals surface area contributed by atoms with E-state index in [4.69, 9.17) is 4.74 Å². The molecule has 0 atom stereocenters. The number of carbonyl (C=O) groups excluding carboxylic acids is 2. The third kappa shape index (κ3) is 5.76. The van der Waals surface area contributed by atoms with Crippen molar-refractivity contribution in [2.45, 2.75) is 4.90 Å². The van der Waals surface area contributed by atoms with E-state index in [1.54, 1.807) is 36.4 Å². The van der Waals surface area contributed by atoms with Gasteiger partial charge in [-0.15, -0.1) is 0 Å². The van der Waals surface area contributed by atoms with Crippen LogP contribution in [0.2, 0.25) is 0 Å². The Balaban J connectivity index is 1.55. The van der Waals surface area contributed by atoms with Crippen molar-refractivity contribution in [3.63, 3.8) is 0 Å². The molecule has 3 N–H and O–H groups in total. The van der Waals surface area contributed by atoms with E-state index in [2.05, 4.69) is 16.0 Å². The molecule has 154 valence electrons. The molecule has 10 heteroatoms. The number of anilines is 2. The van der Waals surface area contributed by atoms with Crippen molar-refractivity contribution >= 4 is 33.3 Å². The maximum absolute atomic E-state index is 12.7. The number of hydrogen-bond donors (Lipinski definition) is 3. The van der Waals surface area contributed by atoms with Crippen molar-refractivity contribution < 1.29 is 22.7 Å². The van der Waals surface area contributed by atoms with E-state index in [0.717, 1.165) is 0 Å². The van der Waals surface area contributed by atoms with Crippen LogP contribution in [0.4, 0.5) is 16.2 Å². The fourth-order valence-corrected chi connectivity index (χ4v) is 4.19. The molecule has 0 aliphatic carbocycles. The number of morpholine rings is 1. The predicted octanol–water partition coefficient (Wildman–Crippen LogP) is 1.47. The third-order valence-corrected chi connectivity index (χ3v) is 6.06. The molecule has 1 heterocycles. The highest BCUT2D eigenvalue weighted by Gasteiger charge is 2.26. The summed E-state index contributed by atoms with van der Waals surface area (Å²) >= 11 is 0. The Hall–Kier alpha value is -2.95. The summed E-state index contributed by atoms with van der Waals surface area (Å²) in [6.07, 6.45) is 0. The molecular formula is C19H22N4O5S. The third-order valence-electron chi connectivity index (χ3n) is 4.17. The first kappa shape index (κ1) is 20.8. The number of rotatable bonds is 6. The zero-order chi connectivity index (χ0) is 20.7. The molecule has 0 aromatic heterocycles. The van der Waals surface area contributed by atoms with Crippen LogP contribution >= 0.6 is 0 Å². The molecule has 1 saturated heterocycles. The van der Waals surface area contributed by atoms with E-state index in [1.807, 2.05) is 6.07 Å². The molecule has 0 spiro atoms. The predicted molar refractivity (Wildman–Crippen MR) is 108 cm³/mol. The van der Waals surface area contributed by atoms with Crippen molar-refractivity contribution in [2.24, 2.45) is 0 Å². The highest BCUT2D eigenvalue weighted by Crippen LogP contribution is 2.20. The van der Waals surface area contributed by atoms with Gasteiger partial charge in [0.2, 0.25) is 15.9 Å². The molecule has 2 aromatic carbocycles. The molecule has 0 radical (unpaired) electrons. The topological polar surface area (TPSA) is 117 Å². The Kier molecular flexibility index (Phi) is 6.81. The number of carbonyl (C=O) groups is 2. The molecule has 2 aromatic rings. The lowest BCUT2D eigenvalue weighted by atomic mass is 10.3. The summed E-state index contributed by atoms with van der Waals surface area (Å²) in [6, 6.07) is 14.3. The normalized spacial score (nSPS) is 14.8. The zero-order valence-electron chi connectivity index (χ0n) is 15.6. The second-order valence-electron chi connectivity index (χ2n) is 6.27. The van der Waals surface area contributed by atoms with Crippen LogP contribution in [0, 0.1) is 0 Å². The van der Waals surface area contributed by atoms with Crippen LogP contribution in [-0.4, -0.2) is 57.5 Å². The molecule has 0 bridgehead atoms. The van der Waals surface area contributed by atoms with Crippen molar-refractivity contribution in [3.05, 3.63) is 54.6 Å². The number of sulfonamides is 1. The summed E-state index contributed by atoms with van der Waals surface area (Å²) < 4.78 is 32.0. The van der Waals surface area contributed by atoms with Crippen LogP contribution < -0.4 is 16.0 Å². The zero-order valence-corrected chi connectivity index (χ0v) is 16.4. The lowest BCUT2D eigenvalue weighted by molar-refractivity contribution is -0.115. The maximum Gasteiger partial charge on any atom is 0.319 e. The van der Waals surface area contributed by atoms with E-state index < -0.39 is 22.0 Å². The van der Waals surface area contributed by atoms with Gasteiger partial charge in [-0.05, 0) is 30.3 Å². The molecule has 0 saturated carbocycles. The van der Waals surface area contributed by atoms with Gasteiger partial charge in [0, 0.05) is 24.5 Å². The fraction of sp³-hybridized carbons (Fsp3) is 0.263. The molecule has 3 amide bonds. The van der Waals surface area contributed by atoms with Crippen molar-refractivity contribution in [2.75, 3.05) is 43.5 Å². The van der Waals surface area contributed by atoms with Gasteiger partial charge < -0.3 is 20.7 Å². The quantitative estimate of drug-likeness (QED) is 0.657. The van der Waals surface area contributed by atoms with Crippen molar-refractivity contribution in [1.29, 1.82) is 0 Å². The van der Waals surface area contributed by atoms with Crippen LogP contribution in [0.5, 0.6) is 0 Å². The Labute approximate surface area is 169 Å². The molecule has 1 aliphatic heterocycles. The number of ether oxygens (including phenoxy) is 1. The van der Waals surface area contributed by atoms with Gasteiger partial charge in [-0.25, -0.2) is 13.2 Å². The standard InChI is InChI=1S/C19H22N4O5S/c24-18(14-20-19(25)22-15-5-2-1-3-6-15)21-16-7-4-8-17(13-16)29(26,27)23-9-11-28-12-10-23/h1-8,13H,9-12,14H2,(H,21,24)(H2,20,22,25). The lowest BCUT2D eigenvalue weighted by Gasteiger charge is -2.26. The molecule has 1 aliphatic rings. The smallest absolute Gasteiger partial charge is 0.319 e. The van der Waals surface area contributed by atoms with Crippen molar-refractivity contribution in [3.8, 4) is 0 Å². The van der Waals surface area contributed by atoms with E-state index in [1.165, 1.54) is 16.4 Å². The number of urea groups is 1. The Bertz CT molecular complexity index is 960. The summed E-state index contributed by atoms with van der Waals surface area (Å²) in [5.74, 6) is -0.478. The van der Waals surface area contributed by atoms with Crippen LogP contribution in [-0.2, 0) is 19.6 Å². The largest absolute Gasteiger partial charge is 0.379 e. The van der Waals surface area contributed by atoms with Gasteiger partial charge in [0.25, 0.3) is 0 Å². The molecule has 3 rings (SSSR count). The molecule has 29 heavy (non-hydrogen) atoms.